The minimum atomic E-state index is -0.489. The van der Waals surface area contributed by atoms with Crippen molar-refractivity contribution in [3.05, 3.63) is 105 Å². The van der Waals surface area contributed by atoms with Crippen LogP contribution in [0.3, 0.4) is 0 Å². The van der Waals surface area contributed by atoms with Crippen LogP contribution in [-0.2, 0) is 0 Å². The van der Waals surface area contributed by atoms with Crippen LogP contribution in [0.2, 0.25) is 0 Å². The number of nitro benzene ring substituents is 1. The summed E-state index contributed by atoms with van der Waals surface area (Å²) in [5, 5.41) is 10.9. The van der Waals surface area contributed by atoms with E-state index in [1.54, 1.807) is 0 Å². The first-order valence-corrected chi connectivity index (χ1v) is 8.47. The second-order valence-electron chi connectivity index (χ2n) is 6.20. The molecule has 3 rings (SSSR count). The number of carbonyl (C=O) groups is 1. The quantitative estimate of drug-likeness (QED) is 0.272. The van der Waals surface area contributed by atoms with Crippen molar-refractivity contribution < 1.29 is 9.72 Å². The first kappa shape index (κ1) is 18.2. The maximum atomic E-state index is 13.2. The lowest BCUT2D eigenvalue weighted by atomic mass is 9.99. The van der Waals surface area contributed by atoms with Gasteiger partial charge in [0.05, 0.1) is 10.6 Å². The zero-order valence-electron chi connectivity index (χ0n) is 15.0. The third-order valence-electron chi connectivity index (χ3n) is 4.27. The molecule has 3 aromatic rings. The lowest BCUT2D eigenvalue weighted by Gasteiger charge is -2.10. The second-order valence-corrected chi connectivity index (χ2v) is 6.20. The Hall–Kier alpha value is -3.60. The number of ketones is 1. The van der Waals surface area contributed by atoms with Crippen LogP contribution < -0.4 is 0 Å². The molecule has 0 spiro atoms. The first-order valence-electron chi connectivity index (χ1n) is 8.47. The molecule has 0 aliphatic carbocycles. The van der Waals surface area contributed by atoms with Gasteiger partial charge in [-0.15, -0.1) is 0 Å². The summed E-state index contributed by atoms with van der Waals surface area (Å²) in [5.41, 5.74) is 4.01. The fraction of sp³-hybridized carbons (Fsp3) is 0.0909. The average Bonchev–Trinajstić information content (AvgIpc) is 2.68. The molecule has 0 heterocycles. The van der Waals surface area contributed by atoms with Gasteiger partial charge in [-0.1, -0.05) is 48.5 Å². The molecule has 0 radical (unpaired) electrons. The molecule has 0 unspecified atom stereocenters. The molecule has 0 aliphatic rings. The van der Waals surface area contributed by atoms with Crippen molar-refractivity contribution in [2.24, 2.45) is 4.99 Å². The molecule has 3 aromatic carbocycles. The smallest absolute Gasteiger partial charge is 0.269 e. The predicted molar refractivity (Wildman–Crippen MR) is 106 cm³/mol. The van der Waals surface area contributed by atoms with Crippen molar-refractivity contribution in [1.82, 2.24) is 0 Å². The Morgan fingerprint density at radius 1 is 0.815 bits per heavy atom. The summed E-state index contributed by atoms with van der Waals surface area (Å²) >= 11 is 0. The van der Waals surface area contributed by atoms with Crippen LogP contribution in [-0.4, -0.2) is 16.4 Å². The molecule has 134 valence electrons. The molecule has 5 heteroatoms. The SMILES string of the molecule is Cc1cccc(C)c1N=C(C(=O)c1ccc([N+](=O)[O-])cc1)c1ccccc1. The van der Waals surface area contributed by atoms with Crippen molar-refractivity contribution in [3.8, 4) is 0 Å². The fourth-order valence-electron chi connectivity index (χ4n) is 2.81. The molecule has 0 aliphatic heterocycles. The number of nitro groups is 1. The van der Waals surface area contributed by atoms with Crippen molar-refractivity contribution in [3.63, 3.8) is 0 Å². The van der Waals surface area contributed by atoms with Gasteiger partial charge in [0.15, 0.2) is 0 Å². The summed E-state index contributed by atoms with van der Waals surface area (Å²) in [6, 6.07) is 20.6. The Balaban J connectivity index is 2.12. The number of nitrogens with zero attached hydrogens (tertiary/aromatic N) is 2. The number of aliphatic imine (C=N–C) groups is 1. The van der Waals surface area contributed by atoms with Gasteiger partial charge in [-0.25, -0.2) is 4.99 Å². The van der Waals surface area contributed by atoms with E-state index in [4.69, 9.17) is 4.99 Å². The summed E-state index contributed by atoms with van der Waals surface area (Å²) < 4.78 is 0. The maximum Gasteiger partial charge on any atom is 0.269 e. The summed E-state index contributed by atoms with van der Waals surface area (Å²) in [5.74, 6) is -0.279. The molecule has 0 saturated heterocycles. The molecule has 0 fully saturated rings. The van der Waals surface area contributed by atoms with Crippen LogP contribution in [0.5, 0.6) is 0 Å². The molecule has 0 N–H and O–H groups in total. The van der Waals surface area contributed by atoms with Gasteiger partial charge in [0.1, 0.15) is 5.71 Å². The van der Waals surface area contributed by atoms with E-state index in [0.29, 0.717) is 16.8 Å². The summed E-state index contributed by atoms with van der Waals surface area (Å²) in [7, 11) is 0. The van der Waals surface area contributed by atoms with Gasteiger partial charge in [0, 0.05) is 23.3 Å². The van der Waals surface area contributed by atoms with Crippen LogP contribution in [0.4, 0.5) is 11.4 Å². The van der Waals surface area contributed by atoms with E-state index in [0.717, 1.165) is 16.8 Å². The van der Waals surface area contributed by atoms with Gasteiger partial charge < -0.3 is 0 Å². The van der Waals surface area contributed by atoms with Crippen molar-refractivity contribution in [2.75, 3.05) is 0 Å². The number of para-hydroxylation sites is 1. The second kappa shape index (κ2) is 7.74. The number of hydrogen-bond acceptors (Lipinski definition) is 4. The normalized spacial score (nSPS) is 11.3. The lowest BCUT2D eigenvalue weighted by Crippen LogP contribution is -2.16. The number of carbonyl (C=O) groups excluding carboxylic acids is 1. The predicted octanol–water partition coefficient (Wildman–Crippen LogP) is 5.22. The Labute approximate surface area is 157 Å². The van der Waals surface area contributed by atoms with Gasteiger partial charge in [0.25, 0.3) is 5.69 Å². The van der Waals surface area contributed by atoms with E-state index in [2.05, 4.69) is 0 Å². The van der Waals surface area contributed by atoms with E-state index in [1.807, 2.05) is 62.4 Å². The van der Waals surface area contributed by atoms with Crippen LogP contribution in [0, 0.1) is 24.0 Å². The van der Waals surface area contributed by atoms with Crippen LogP contribution in [0.25, 0.3) is 0 Å². The minimum absolute atomic E-state index is 0.0560. The van der Waals surface area contributed by atoms with Crippen LogP contribution in [0.1, 0.15) is 27.0 Å². The lowest BCUT2D eigenvalue weighted by molar-refractivity contribution is -0.384. The van der Waals surface area contributed by atoms with E-state index >= 15 is 0 Å². The highest BCUT2D eigenvalue weighted by atomic mass is 16.6. The van der Waals surface area contributed by atoms with Gasteiger partial charge in [-0.3, -0.25) is 14.9 Å². The Kier molecular flexibility index (Phi) is 5.22. The molecule has 5 nitrogen and oxygen atoms in total. The standard InChI is InChI=1S/C22H18N2O3/c1-15-7-6-8-16(2)20(15)23-21(17-9-4-3-5-10-17)22(25)18-11-13-19(14-12-18)24(26)27/h3-14H,1-2H3. The summed E-state index contributed by atoms with van der Waals surface area (Å²) in [6.45, 7) is 3.90. The molecular formula is C22H18N2O3. The average molecular weight is 358 g/mol. The number of rotatable bonds is 5. The monoisotopic (exact) mass is 358 g/mol. The summed E-state index contributed by atoms with van der Waals surface area (Å²) in [4.78, 5) is 28.2. The largest absolute Gasteiger partial charge is 0.287 e. The highest BCUT2D eigenvalue weighted by Crippen LogP contribution is 2.25. The van der Waals surface area contributed by atoms with Crippen molar-refractivity contribution in [1.29, 1.82) is 0 Å². The fourth-order valence-corrected chi connectivity index (χ4v) is 2.81. The number of benzene rings is 3. The zero-order valence-corrected chi connectivity index (χ0v) is 15.0. The highest BCUT2D eigenvalue weighted by molar-refractivity contribution is 6.51. The molecule has 27 heavy (non-hydrogen) atoms. The van der Waals surface area contributed by atoms with Gasteiger partial charge in [-0.2, -0.15) is 0 Å². The summed E-state index contributed by atoms with van der Waals surface area (Å²) in [6.07, 6.45) is 0. The Bertz CT molecular complexity index is 1000. The van der Waals surface area contributed by atoms with E-state index in [1.165, 1.54) is 24.3 Å². The maximum absolute atomic E-state index is 13.2. The van der Waals surface area contributed by atoms with E-state index < -0.39 is 4.92 Å². The third-order valence-corrected chi connectivity index (χ3v) is 4.27. The van der Waals surface area contributed by atoms with Crippen LogP contribution >= 0.6 is 0 Å². The third kappa shape index (κ3) is 3.98. The molecule has 0 amide bonds. The van der Waals surface area contributed by atoms with Gasteiger partial charge in [-0.05, 0) is 37.1 Å². The molecule has 0 bridgehead atoms. The van der Waals surface area contributed by atoms with Gasteiger partial charge >= 0.3 is 0 Å². The Morgan fingerprint density at radius 2 is 1.41 bits per heavy atom. The molecule has 0 aromatic heterocycles. The minimum Gasteiger partial charge on any atom is -0.287 e. The number of hydrogen-bond donors (Lipinski definition) is 0. The zero-order chi connectivity index (χ0) is 19.4. The Morgan fingerprint density at radius 3 is 1.96 bits per heavy atom. The highest BCUT2D eigenvalue weighted by Gasteiger charge is 2.18. The number of non-ortho nitro benzene ring substituents is 1. The van der Waals surface area contributed by atoms with Crippen LogP contribution in [0.15, 0.2) is 77.8 Å². The molecule has 0 atom stereocenters. The number of Topliss-reactive ketones (excluding diaryl/α,β-unsaturated/α-hetero) is 1. The van der Waals surface area contributed by atoms with Gasteiger partial charge in [0.2, 0.25) is 5.78 Å². The first-order chi connectivity index (χ1) is 13.0. The molecule has 0 saturated carbocycles. The molecular weight excluding hydrogens is 340 g/mol. The van der Waals surface area contributed by atoms with E-state index in [9.17, 15) is 14.9 Å². The number of aryl methyl sites for hydroxylation is 2. The van der Waals surface area contributed by atoms with Crippen molar-refractivity contribution in [2.45, 2.75) is 13.8 Å². The van der Waals surface area contributed by atoms with Crippen molar-refractivity contribution >= 4 is 22.9 Å². The van der Waals surface area contributed by atoms with E-state index in [-0.39, 0.29) is 11.5 Å². The topological polar surface area (TPSA) is 72.6 Å².